The van der Waals surface area contributed by atoms with Crippen molar-refractivity contribution >= 4 is 0 Å². The van der Waals surface area contributed by atoms with E-state index in [-0.39, 0.29) is 5.41 Å². The lowest BCUT2D eigenvalue weighted by Crippen LogP contribution is -2.25. The van der Waals surface area contributed by atoms with Crippen molar-refractivity contribution in [2.24, 2.45) is 0 Å². The molecule has 2 aromatic rings. The van der Waals surface area contributed by atoms with Crippen molar-refractivity contribution in [3.63, 3.8) is 0 Å². The molecule has 1 heteroatoms. The van der Waals surface area contributed by atoms with Crippen LogP contribution < -0.4 is 0 Å². The number of benzene rings is 2. The van der Waals surface area contributed by atoms with Crippen LogP contribution in [0.5, 0.6) is 0 Å². The quantitative estimate of drug-likeness (QED) is 0.568. The molecule has 2 aromatic carbocycles. The topological polar surface area (TPSA) is 20.2 Å². The van der Waals surface area contributed by atoms with Gasteiger partial charge in [0.1, 0.15) is 5.60 Å². The summed E-state index contributed by atoms with van der Waals surface area (Å²) in [5, 5.41) is 10.0. The molecule has 1 aliphatic rings. The van der Waals surface area contributed by atoms with Crippen LogP contribution in [-0.4, -0.2) is 10.7 Å². The van der Waals surface area contributed by atoms with Crippen LogP contribution in [0.1, 0.15) is 88.5 Å². The molecule has 0 bridgehead atoms. The van der Waals surface area contributed by atoms with Gasteiger partial charge >= 0.3 is 0 Å². The lowest BCUT2D eigenvalue weighted by molar-refractivity contribution is 0.143. The zero-order valence-corrected chi connectivity index (χ0v) is 18.2. The molecule has 0 radical (unpaired) electrons. The van der Waals surface area contributed by atoms with Crippen LogP contribution in [0.3, 0.4) is 0 Å². The van der Waals surface area contributed by atoms with Gasteiger partial charge in [0.2, 0.25) is 0 Å². The third-order valence-electron chi connectivity index (χ3n) is 5.95. The first-order valence-electron chi connectivity index (χ1n) is 10.9. The van der Waals surface area contributed by atoms with Crippen molar-refractivity contribution in [3.05, 3.63) is 58.7 Å². The van der Waals surface area contributed by atoms with E-state index < -0.39 is 5.60 Å². The maximum atomic E-state index is 10.0. The molecule has 0 fully saturated rings. The number of terminal acetylenes is 1. The van der Waals surface area contributed by atoms with Crippen LogP contribution in [0.2, 0.25) is 0 Å². The SMILES string of the molecule is C#Cc1ccc2c(c1)C(CCCC)(CCCC)c1cc(C#CC(C)(C)O)ccc1-2. The van der Waals surface area contributed by atoms with E-state index in [0.717, 1.165) is 24.0 Å². The molecule has 0 amide bonds. The van der Waals surface area contributed by atoms with Gasteiger partial charge in [-0.2, -0.15) is 0 Å². The molecule has 29 heavy (non-hydrogen) atoms. The Morgan fingerprint density at radius 2 is 1.41 bits per heavy atom. The Bertz CT molecular complexity index is 978. The van der Waals surface area contributed by atoms with Crippen LogP contribution in [-0.2, 0) is 5.41 Å². The average Bonchev–Trinajstić information content (AvgIpc) is 2.97. The molecule has 150 valence electrons. The lowest BCUT2D eigenvalue weighted by atomic mass is 9.70. The molecule has 1 nitrogen and oxygen atoms in total. The Morgan fingerprint density at radius 3 is 1.90 bits per heavy atom. The Labute approximate surface area is 176 Å². The van der Waals surface area contributed by atoms with Gasteiger partial charge in [0.15, 0.2) is 0 Å². The summed E-state index contributed by atoms with van der Waals surface area (Å²) in [5.41, 5.74) is 6.31. The minimum absolute atomic E-state index is 0.00400. The van der Waals surface area contributed by atoms with E-state index in [1.54, 1.807) is 13.8 Å². The first-order valence-corrected chi connectivity index (χ1v) is 10.9. The standard InChI is InChI=1S/C28H32O/c1-6-9-16-28(17-10-7-2)25-19-21(8-3)11-13-23(25)24-14-12-22(20-26(24)28)15-18-27(4,5)29/h3,11-14,19-20,29H,6-7,9-10,16-17H2,1-2,4-5H3. The van der Waals surface area contributed by atoms with Crippen molar-refractivity contribution in [1.29, 1.82) is 0 Å². The van der Waals surface area contributed by atoms with Gasteiger partial charge in [-0.15, -0.1) is 6.42 Å². The molecular formula is C28H32O. The summed E-state index contributed by atoms with van der Waals surface area (Å²) in [7, 11) is 0. The maximum absolute atomic E-state index is 10.0. The highest BCUT2D eigenvalue weighted by molar-refractivity contribution is 5.82. The molecule has 1 aliphatic carbocycles. The number of rotatable bonds is 6. The molecule has 3 rings (SSSR count). The van der Waals surface area contributed by atoms with Crippen molar-refractivity contribution in [3.8, 4) is 35.3 Å². The van der Waals surface area contributed by atoms with Crippen molar-refractivity contribution < 1.29 is 5.11 Å². The van der Waals surface area contributed by atoms with E-state index in [1.165, 1.54) is 47.9 Å². The fraction of sp³-hybridized carbons (Fsp3) is 0.429. The van der Waals surface area contributed by atoms with Crippen molar-refractivity contribution in [1.82, 2.24) is 0 Å². The van der Waals surface area contributed by atoms with Crippen LogP contribution in [0.15, 0.2) is 36.4 Å². The number of hydrogen-bond donors (Lipinski definition) is 1. The molecule has 0 aliphatic heterocycles. The normalized spacial score (nSPS) is 13.8. The first-order chi connectivity index (χ1) is 13.8. The Hall–Kier alpha value is -2.48. The van der Waals surface area contributed by atoms with Crippen molar-refractivity contribution in [2.45, 2.75) is 77.2 Å². The van der Waals surface area contributed by atoms with Gasteiger partial charge in [-0.25, -0.2) is 0 Å². The smallest absolute Gasteiger partial charge is 0.120 e. The molecule has 0 aromatic heterocycles. The van der Waals surface area contributed by atoms with Crippen LogP contribution in [0, 0.1) is 24.2 Å². The molecule has 0 unspecified atom stereocenters. The minimum atomic E-state index is -0.995. The summed E-state index contributed by atoms with van der Waals surface area (Å²) in [4.78, 5) is 0. The number of unbranched alkanes of at least 4 members (excludes halogenated alkanes) is 2. The van der Waals surface area contributed by atoms with Gasteiger partial charge in [-0.05, 0) is 73.2 Å². The molecule has 0 atom stereocenters. The highest BCUT2D eigenvalue weighted by atomic mass is 16.3. The number of fused-ring (bicyclic) bond motifs is 3. The average molecular weight is 385 g/mol. The van der Waals surface area contributed by atoms with Gasteiger partial charge in [-0.1, -0.05) is 69.4 Å². The van der Waals surface area contributed by atoms with E-state index in [0.29, 0.717) is 0 Å². The van der Waals surface area contributed by atoms with E-state index in [2.05, 4.69) is 68.0 Å². The monoisotopic (exact) mass is 384 g/mol. The van der Waals surface area contributed by atoms with E-state index in [4.69, 9.17) is 6.42 Å². The lowest BCUT2D eigenvalue weighted by Gasteiger charge is -2.33. The molecular weight excluding hydrogens is 352 g/mol. The van der Waals surface area contributed by atoms with E-state index in [1.807, 2.05) is 0 Å². The minimum Gasteiger partial charge on any atom is -0.378 e. The largest absolute Gasteiger partial charge is 0.378 e. The first kappa shape index (κ1) is 21.2. The molecule has 0 spiro atoms. The molecule has 1 N–H and O–H groups in total. The highest BCUT2D eigenvalue weighted by Gasteiger charge is 2.42. The second-order valence-corrected chi connectivity index (χ2v) is 8.76. The Morgan fingerprint density at radius 1 is 0.897 bits per heavy atom. The van der Waals surface area contributed by atoms with Crippen molar-refractivity contribution in [2.75, 3.05) is 0 Å². The summed E-state index contributed by atoms with van der Waals surface area (Å²) in [6.45, 7) is 7.95. The second-order valence-electron chi connectivity index (χ2n) is 8.76. The third kappa shape index (κ3) is 4.27. The zero-order valence-electron chi connectivity index (χ0n) is 18.2. The highest BCUT2D eigenvalue weighted by Crippen LogP contribution is 2.54. The maximum Gasteiger partial charge on any atom is 0.120 e. The number of aliphatic hydroxyl groups is 1. The fourth-order valence-corrected chi connectivity index (χ4v) is 4.51. The van der Waals surface area contributed by atoms with E-state index >= 15 is 0 Å². The van der Waals surface area contributed by atoms with Gasteiger partial charge in [0, 0.05) is 16.5 Å². The summed E-state index contributed by atoms with van der Waals surface area (Å²) >= 11 is 0. The molecule has 0 saturated heterocycles. The van der Waals surface area contributed by atoms with Gasteiger partial charge in [0.25, 0.3) is 0 Å². The fourth-order valence-electron chi connectivity index (χ4n) is 4.51. The van der Waals surface area contributed by atoms with Gasteiger partial charge < -0.3 is 5.11 Å². The predicted molar refractivity (Wildman–Crippen MR) is 123 cm³/mol. The summed E-state index contributed by atoms with van der Waals surface area (Å²) in [6.07, 6.45) is 12.7. The zero-order chi connectivity index (χ0) is 21.1. The third-order valence-corrected chi connectivity index (χ3v) is 5.95. The molecule has 0 heterocycles. The second kappa shape index (κ2) is 8.49. The van der Waals surface area contributed by atoms with Gasteiger partial charge in [0.05, 0.1) is 0 Å². The van der Waals surface area contributed by atoms with Gasteiger partial charge in [-0.3, -0.25) is 0 Å². The summed E-state index contributed by atoms with van der Waals surface area (Å²) < 4.78 is 0. The predicted octanol–water partition coefficient (Wildman–Crippen LogP) is 6.44. The van der Waals surface area contributed by atoms with E-state index in [9.17, 15) is 5.11 Å². The van der Waals surface area contributed by atoms with Crippen LogP contribution in [0.25, 0.3) is 11.1 Å². The molecule has 0 saturated carbocycles. The van der Waals surface area contributed by atoms with Crippen LogP contribution in [0.4, 0.5) is 0 Å². The number of hydrogen-bond acceptors (Lipinski definition) is 1. The Balaban J connectivity index is 2.22. The van der Waals surface area contributed by atoms with Crippen LogP contribution >= 0.6 is 0 Å². The Kier molecular flexibility index (Phi) is 6.21. The summed E-state index contributed by atoms with van der Waals surface area (Å²) in [5.74, 6) is 8.97. The summed E-state index contributed by atoms with van der Waals surface area (Å²) in [6, 6.07) is 13.0.